The van der Waals surface area contributed by atoms with Gasteiger partial charge in [0.15, 0.2) is 0 Å². The van der Waals surface area contributed by atoms with E-state index in [4.69, 9.17) is 5.73 Å². The SMILES string of the molecule is CCC(=O)NCCCNC(=O)c1ccc(-c2ccc3ncc(C(N)=O)c(Nc4ccccc4)c3c2)cc1. The number of benzene rings is 3. The number of primary amides is 1. The first kappa shape index (κ1) is 25.4. The van der Waals surface area contributed by atoms with E-state index in [-0.39, 0.29) is 11.8 Å². The molecule has 0 bridgehead atoms. The predicted octanol–water partition coefficient (Wildman–Crippen LogP) is 4.39. The molecule has 37 heavy (non-hydrogen) atoms. The average molecular weight is 496 g/mol. The van der Waals surface area contributed by atoms with Gasteiger partial charge in [-0.1, -0.05) is 43.3 Å². The molecule has 0 saturated heterocycles. The number of hydrogen-bond donors (Lipinski definition) is 4. The van der Waals surface area contributed by atoms with Gasteiger partial charge in [0.1, 0.15) is 0 Å². The molecule has 188 valence electrons. The highest BCUT2D eigenvalue weighted by atomic mass is 16.2. The van der Waals surface area contributed by atoms with Gasteiger partial charge in [-0.3, -0.25) is 19.4 Å². The zero-order valence-electron chi connectivity index (χ0n) is 20.6. The molecule has 1 heterocycles. The quantitative estimate of drug-likeness (QED) is 0.243. The third-order valence-electron chi connectivity index (χ3n) is 5.94. The first-order valence-corrected chi connectivity index (χ1v) is 12.2. The lowest BCUT2D eigenvalue weighted by Gasteiger charge is -2.14. The van der Waals surface area contributed by atoms with Crippen molar-refractivity contribution in [3.63, 3.8) is 0 Å². The number of carbonyl (C=O) groups excluding carboxylic acids is 3. The number of amides is 3. The summed E-state index contributed by atoms with van der Waals surface area (Å²) in [5, 5.41) is 9.74. The first-order valence-electron chi connectivity index (χ1n) is 12.2. The topological polar surface area (TPSA) is 126 Å². The molecule has 0 aliphatic rings. The Labute approximate surface area is 215 Å². The lowest BCUT2D eigenvalue weighted by molar-refractivity contribution is -0.120. The predicted molar refractivity (Wildman–Crippen MR) is 146 cm³/mol. The van der Waals surface area contributed by atoms with Crippen LogP contribution in [0, 0.1) is 0 Å². The molecule has 3 aromatic carbocycles. The fourth-order valence-corrected chi connectivity index (χ4v) is 3.92. The van der Waals surface area contributed by atoms with Crippen LogP contribution >= 0.6 is 0 Å². The Morgan fingerprint density at radius 1 is 0.865 bits per heavy atom. The number of pyridine rings is 1. The summed E-state index contributed by atoms with van der Waals surface area (Å²) in [5.41, 5.74) is 10.5. The molecule has 0 spiro atoms. The number of fused-ring (bicyclic) bond motifs is 1. The lowest BCUT2D eigenvalue weighted by Crippen LogP contribution is -2.29. The van der Waals surface area contributed by atoms with Crippen molar-refractivity contribution in [1.82, 2.24) is 15.6 Å². The van der Waals surface area contributed by atoms with Gasteiger partial charge in [0.25, 0.3) is 11.8 Å². The molecule has 0 aliphatic carbocycles. The van der Waals surface area contributed by atoms with E-state index < -0.39 is 5.91 Å². The molecule has 4 rings (SSSR count). The van der Waals surface area contributed by atoms with Gasteiger partial charge in [-0.25, -0.2) is 0 Å². The average Bonchev–Trinajstić information content (AvgIpc) is 2.93. The van der Waals surface area contributed by atoms with Crippen molar-refractivity contribution >= 4 is 40.0 Å². The second kappa shape index (κ2) is 11.8. The standard InChI is InChI=1S/C29H29N5O3/c1-2-26(35)31-15-6-16-32-29(37)20-11-9-19(10-12-20)21-13-14-25-23(17-21)27(24(18-33-25)28(30)36)34-22-7-4-3-5-8-22/h3-5,7-14,17-18H,2,6,15-16H2,1H3,(H2,30,36)(H,31,35)(H,32,37)(H,33,34). The molecule has 0 fully saturated rings. The Hall–Kier alpha value is -4.72. The van der Waals surface area contributed by atoms with E-state index in [9.17, 15) is 14.4 Å². The van der Waals surface area contributed by atoms with E-state index in [2.05, 4.69) is 20.9 Å². The van der Waals surface area contributed by atoms with E-state index in [1.807, 2.05) is 60.7 Å². The molecule has 8 nitrogen and oxygen atoms in total. The molecule has 0 aliphatic heterocycles. The van der Waals surface area contributed by atoms with Crippen molar-refractivity contribution < 1.29 is 14.4 Å². The molecule has 0 radical (unpaired) electrons. The van der Waals surface area contributed by atoms with Crippen LogP contribution in [0.2, 0.25) is 0 Å². The third kappa shape index (κ3) is 6.29. The molecule has 4 aromatic rings. The molecule has 8 heteroatoms. The molecule has 5 N–H and O–H groups in total. The van der Waals surface area contributed by atoms with Gasteiger partial charge in [0, 0.05) is 42.3 Å². The number of nitrogens with zero attached hydrogens (tertiary/aromatic N) is 1. The van der Waals surface area contributed by atoms with Gasteiger partial charge in [-0.15, -0.1) is 0 Å². The molecule has 0 atom stereocenters. The van der Waals surface area contributed by atoms with E-state index in [0.29, 0.717) is 42.7 Å². The second-order valence-corrected chi connectivity index (χ2v) is 8.52. The van der Waals surface area contributed by atoms with Crippen molar-refractivity contribution in [2.75, 3.05) is 18.4 Å². The number of anilines is 2. The highest BCUT2D eigenvalue weighted by molar-refractivity contribution is 6.08. The number of aromatic nitrogens is 1. The summed E-state index contributed by atoms with van der Waals surface area (Å²) in [6.45, 7) is 2.80. The van der Waals surface area contributed by atoms with E-state index in [1.54, 1.807) is 19.1 Å². The van der Waals surface area contributed by atoms with Crippen LogP contribution in [0.4, 0.5) is 11.4 Å². The largest absolute Gasteiger partial charge is 0.365 e. The Kier molecular flexibility index (Phi) is 8.10. The van der Waals surface area contributed by atoms with Crippen LogP contribution in [0.15, 0.2) is 79.0 Å². The van der Waals surface area contributed by atoms with E-state index in [1.165, 1.54) is 6.20 Å². The molecule has 0 unspecified atom stereocenters. The number of para-hydroxylation sites is 1. The summed E-state index contributed by atoms with van der Waals surface area (Å²) < 4.78 is 0. The monoisotopic (exact) mass is 495 g/mol. The minimum Gasteiger partial charge on any atom is -0.365 e. The fourth-order valence-electron chi connectivity index (χ4n) is 3.92. The molecule has 0 saturated carbocycles. The Morgan fingerprint density at radius 3 is 2.27 bits per heavy atom. The number of hydrogen-bond acceptors (Lipinski definition) is 5. The second-order valence-electron chi connectivity index (χ2n) is 8.52. The lowest BCUT2D eigenvalue weighted by atomic mass is 9.99. The van der Waals surface area contributed by atoms with Gasteiger partial charge < -0.3 is 21.7 Å². The number of carbonyl (C=O) groups is 3. The molecular formula is C29H29N5O3. The smallest absolute Gasteiger partial charge is 0.252 e. The molecule has 3 amide bonds. The fraction of sp³-hybridized carbons (Fsp3) is 0.172. The zero-order chi connectivity index (χ0) is 26.2. The molecule has 1 aromatic heterocycles. The normalized spacial score (nSPS) is 10.6. The maximum absolute atomic E-state index is 12.5. The number of rotatable bonds is 10. The van der Waals surface area contributed by atoms with Crippen molar-refractivity contribution in [3.8, 4) is 11.1 Å². The van der Waals surface area contributed by atoms with Gasteiger partial charge in [0.05, 0.1) is 16.8 Å². The maximum atomic E-state index is 12.5. The van der Waals surface area contributed by atoms with Crippen molar-refractivity contribution in [2.24, 2.45) is 5.73 Å². The molecular weight excluding hydrogens is 466 g/mol. The van der Waals surface area contributed by atoms with Gasteiger partial charge >= 0.3 is 0 Å². The van der Waals surface area contributed by atoms with Crippen molar-refractivity contribution in [1.29, 1.82) is 0 Å². The summed E-state index contributed by atoms with van der Waals surface area (Å²) in [4.78, 5) is 40.3. The Balaban J connectivity index is 1.54. The number of nitrogens with two attached hydrogens (primary N) is 1. The van der Waals surface area contributed by atoms with E-state index in [0.717, 1.165) is 27.7 Å². The highest BCUT2D eigenvalue weighted by Gasteiger charge is 2.15. The summed E-state index contributed by atoms with van der Waals surface area (Å²) in [5.74, 6) is -0.738. The van der Waals surface area contributed by atoms with Gasteiger partial charge in [0.2, 0.25) is 5.91 Å². The summed E-state index contributed by atoms with van der Waals surface area (Å²) in [6, 6.07) is 22.7. The highest BCUT2D eigenvalue weighted by Crippen LogP contribution is 2.32. The summed E-state index contributed by atoms with van der Waals surface area (Å²) in [6.07, 6.45) is 2.59. The summed E-state index contributed by atoms with van der Waals surface area (Å²) in [7, 11) is 0. The van der Waals surface area contributed by atoms with Crippen molar-refractivity contribution in [2.45, 2.75) is 19.8 Å². The minimum atomic E-state index is -0.568. The maximum Gasteiger partial charge on any atom is 0.252 e. The van der Waals surface area contributed by atoms with Gasteiger partial charge in [-0.2, -0.15) is 0 Å². The van der Waals surface area contributed by atoms with Crippen LogP contribution in [0.1, 0.15) is 40.5 Å². The van der Waals surface area contributed by atoms with Gasteiger partial charge in [-0.05, 0) is 53.9 Å². The Morgan fingerprint density at radius 2 is 1.57 bits per heavy atom. The van der Waals surface area contributed by atoms with Crippen molar-refractivity contribution in [3.05, 3.63) is 90.1 Å². The van der Waals surface area contributed by atoms with Crippen LogP contribution in [0.3, 0.4) is 0 Å². The van der Waals surface area contributed by atoms with Crippen LogP contribution in [0.5, 0.6) is 0 Å². The minimum absolute atomic E-state index is 0.000190. The van der Waals surface area contributed by atoms with E-state index >= 15 is 0 Å². The van der Waals surface area contributed by atoms with Crippen LogP contribution in [0.25, 0.3) is 22.0 Å². The zero-order valence-corrected chi connectivity index (χ0v) is 20.6. The summed E-state index contributed by atoms with van der Waals surface area (Å²) >= 11 is 0. The number of nitrogens with one attached hydrogen (secondary N) is 3. The van der Waals surface area contributed by atoms with Crippen LogP contribution in [-0.2, 0) is 4.79 Å². The van der Waals surface area contributed by atoms with Crippen LogP contribution < -0.4 is 21.7 Å². The third-order valence-corrected chi connectivity index (χ3v) is 5.94. The first-order chi connectivity index (χ1) is 18.0. The Bertz CT molecular complexity index is 1420. The van der Waals surface area contributed by atoms with Crippen LogP contribution in [-0.4, -0.2) is 35.8 Å².